The lowest BCUT2D eigenvalue weighted by Crippen LogP contribution is -2.55. The minimum atomic E-state index is -1.16. The van der Waals surface area contributed by atoms with E-state index >= 15 is 0 Å². The molecule has 0 bridgehead atoms. The fraction of sp³-hybridized carbons (Fsp3) is 0.308. The van der Waals surface area contributed by atoms with Crippen molar-refractivity contribution in [2.45, 2.75) is 25.3 Å². The minimum absolute atomic E-state index is 0.0453. The van der Waals surface area contributed by atoms with Gasteiger partial charge in [0.25, 0.3) is 0 Å². The first-order valence-electron chi connectivity index (χ1n) is 5.72. The molecule has 1 rings (SSSR count). The van der Waals surface area contributed by atoms with Crippen LogP contribution < -0.4 is 16.8 Å². The van der Waals surface area contributed by atoms with E-state index in [9.17, 15) is 9.59 Å². The number of thiocarbonyl (C=S) groups is 1. The van der Waals surface area contributed by atoms with Gasteiger partial charge < -0.3 is 16.8 Å². The van der Waals surface area contributed by atoms with Crippen LogP contribution in [0.5, 0.6) is 0 Å². The second-order valence-corrected chi connectivity index (χ2v) is 5.20. The normalized spacial score (nSPS) is 12.5. The van der Waals surface area contributed by atoms with Crippen LogP contribution in [0.25, 0.3) is 0 Å². The van der Waals surface area contributed by atoms with Gasteiger partial charge in [0, 0.05) is 0 Å². The molecule has 0 aliphatic rings. The van der Waals surface area contributed by atoms with Gasteiger partial charge in [-0.25, -0.2) is 0 Å². The van der Waals surface area contributed by atoms with Gasteiger partial charge in [-0.3, -0.25) is 9.59 Å². The van der Waals surface area contributed by atoms with Gasteiger partial charge in [0.05, 0.1) is 4.99 Å². The molecule has 19 heavy (non-hydrogen) atoms. The first-order chi connectivity index (χ1) is 8.75. The number of hydrogen-bond donors (Lipinski definition) is 3. The Morgan fingerprint density at radius 3 is 2.16 bits per heavy atom. The van der Waals surface area contributed by atoms with Gasteiger partial charge in [-0.15, -0.1) is 0 Å². The van der Waals surface area contributed by atoms with E-state index in [4.69, 9.17) is 23.7 Å². The molecule has 0 aliphatic heterocycles. The van der Waals surface area contributed by atoms with Crippen molar-refractivity contribution in [3.8, 4) is 0 Å². The number of nitrogens with two attached hydrogens (primary N) is 2. The fourth-order valence-electron chi connectivity index (χ4n) is 1.53. The Labute approximate surface area is 117 Å². The maximum atomic E-state index is 12.2. The molecule has 2 amide bonds. The summed E-state index contributed by atoms with van der Waals surface area (Å²) in [5, 5.41) is 2.55. The Hall–Kier alpha value is -1.95. The number of amides is 2. The van der Waals surface area contributed by atoms with E-state index in [1.165, 1.54) is 13.8 Å². The summed E-state index contributed by atoms with van der Waals surface area (Å²) in [6.07, 6.45) is 0. The van der Waals surface area contributed by atoms with Crippen LogP contribution >= 0.6 is 12.2 Å². The number of benzene rings is 1. The Morgan fingerprint density at radius 2 is 1.74 bits per heavy atom. The Balaban J connectivity index is 3.00. The maximum absolute atomic E-state index is 12.2. The van der Waals surface area contributed by atoms with Crippen molar-refractivity contribution in [1.29, 1.82) is 0 Å². The summed E-state index contributed by atoms with van der Waals surface area (Å²) in [5.41, 5.74) is 10.4. The Morgan fingerprint density at radius 1 is 1.21 bits per heavy atom. The van der Waals surface area contributed by atoms with Gasteiger partial charge in [0.2, 0.25) is 11.8 Å². The van der Waals surface area contributed by atoms with Crippen molar-refractivity contribution < 1.29 is 9.59 Å². The molecule has 5 nitrogen and oxygen atoms in total. The van der Waals surface area contributed by atoms with Crippen molar-refractivity contribution >= 4 is 29.0 Å². The lowest BCUT2D eigenvalue weighted by Gasteiger charge is -2.25. The van der Waals surface area contributed by atoms with E-state index in [1.54, 1.807) is 24.3 Å². The second kappa shape index (κ2) is 5.79. The monoisotopic (exact) mass is 279 g/mol. The Bertz CT molecular complexity index is 500. The Kier molecular flexibility index (Phi) is 4.61. The highest BCUT2D eigenvalue weighted by atomic mass is 32.1. The zero-order chi connectivity index (χ0) is 14.6. The van der Waals surface area contributed by atoms with Crippen molar-refractivity contribution in [3.05, 3.63) is 35.9 Å². The summed E-state index contributed by atoms with van der Waals surface area (Å²) in [5.74, 6) is -1.85. The third kappa shape index (κ3) is 3.75. The van der Waals surface area contributed by atoms with E-state index in [0.717, 1.165) is 0 Å². The molecule has 1 aromatic rings. The predicted octanol–water partition coefficient (Wildman–Crippen LogP) is 0.436. The predicted molar refractivity (Wildman–Crippen MR) is 77.4 cm³/mol. The average molecular weight is 279 g/mol. The molecule has 1 atom stereocenters. The van der Waals surface area contributed by atoms with Crippen LogP contribution in [0.4, 0.5) is 0 Å². The molecule has 0 heterocycles. The molecular weight excluding hydrogens is 262 g/mol. The number of carbonyl (C=O) groups excluding carboxylic acids is 2. The quantitative estimate of drug-likeness (QED) is 0.681. The molecule has 102 valence electrons. The van der Waals surface area contributed by atoms with Gasteiger partial charge in [0.15, 0.2) is 0 Å². The van der Waals surface area contributed by atoms with E-state index in [0.29, 0.717) is 5.56 Å². The third-order valence-corrected chi connectivity index (χ3v) is 2.97. The van der Waals surface area contributed by atoms with Crippen LogP contribution in [-0.4, -0.2) is 22.3 Å². The van der Waals surface area contributed by atoms with E-state index < -0.39 is 23.3 Å². The molecule has 0 saturated heterocycles. The number of primary amides is 1. The molecule has 1 aromatic carbocycles. The first-order valence-corrected chi connectivity index (χ1v) is 6.12. The molecule has 0 aliphatic carbocycles. The van der Waals surface area contributed by atoms with E-state index in [-0.39, 0.29) is 4.99 Å². The SMILES string of the molecule is CC(C)(NC(=O)C(C(N)=S)c1ccccc1)C(N)=O. The molecule has 0 spiro atoms. The van der Waals surface area contributed by atoms with Crippen LogP contribution in [-0.2, 0) is 9.59 Å². The van der Waals surface area contributed by atoms with Gasteiger partial charge in [-0.05, 0) is 19.4 Å². The molecule has 0 radical (unpaired) electrons. The average Bonchev–Trinajstić information content (AvgIpc) is 2.28. The topological polar surface area (TPSA) is 98.2 Å². The number of nitrogens with one attached hydrogen (secondary N) is 1. The van der Waals surface area contributed by atoms with Crippen molar-refractivity contribution in [1.82, 2.24) is 5.32 Å². The van der Waals surface area contributed by atoms with Crippen molar-refractivity contribution in [2.75, 3.05) is 0 Å². The van der Waals surface area contributed by atoms with Gasteiger partial charge in [-0.1, -0.05) is 42.5 Å². The second-order valence-electron chi connectivity index (χ2n) is 4.72. The summed E-state index contributed by atoms with van der Waals surface area (Å²) in [6, 6.07) is 8.90. The van der Waals surface area contributed by atoms with E-state index in [1.807, 2.05) is 6.07 Å². The van der Waals surface area contributed by atoms with Crippen LogP contribution in [0.1, 0.15) is 25.3 Å². The van der Waals surface area contributed by atoms with Gasteiger partial charge in [0.1, 0.15) is 11.5 Å². The maximum Gasteiger partial charge on any atom is 0.242 e. The number of rotatable bonds is 5. The van der Waals surface area contributed by atoms with Crippen LogP contribution in [0.3, 0.4) is 0 Å². The molecule has 5 N–H and O–H groups in total. The summed E-state index contributed by atoms with van der Waals surface area (Å²) >= 11 is 4.93. The third-order valence-electron chi connectivity index (χ3n) is 2.73. The number of hydrogen-bond acceptors (Lipinski definition) is 3. The minimum Gasteiger partial charge on any atom is -0.392 e. The molecule has 0 saturated carbocycles. The lowest BCUT2D eigenvalue weighted by molar-refractivity contribution is -0.130. The molecule has 0 aromatic heterocycles. The highest BCUT2D eigenvalue weighted by Gasteiger charge is 2.32. The highest BCUT2D eigenvalue weighted by Crippen LogP contribution is 2.17. The number of carbonyl (C=O) groups is 2. The zero-order valence-corrected chi connectivity index (χ0v) is 11.7. The fourth-order valence-corrected chi connectivity index (χ4v) is 1.78. The summed E-state index contributed by atoms with van der Waals surface area (Å²) in [4.78, 5) is 23.5. The van der Waals surface area contributed by atoms with Gasteiger partial charge >= 0.3 is 0 Å². The molecule has 0 fully saturated rings. The standard InChI is InChI=1S/C13H17N3O2S/c1-13(2,12(15)18)16-11(17)9(10(14)19)8-6-4-3-5-7-8/h3-7,9H,1-2H3,(H2,14,19)(H2,15,18)(H,16,17). The summed E-state index contributed by atoms with van der Waals surface area (Å²) in [6.45, 7) is 3.05. The van der Waals surface area contributed by atoms with Crippen LogP contribution in [0.15, 0.2) is 30.3 Å². The van der Waals surface area contributed by atoms with Crippen LogP contribution in [0.2, 0.25) is 0 Å². The summed E-state index contributed by atoms with van der Waals surface area (Å²) in [7, 11) is 0. The van der Waals surface area contributed by atoms with Crippen molar-refractivity contribution in [2.24, 2.45) is 11.5 Å². The largest absolute Gasteiger partial charge is 0.392 e. The van der Waals surface area contributed by atoms with E-state index in [2.05, 4.69) is 5.32 Å². The molecule has 6 heteroatoms. The smallest absolute Gasteiger partial charge is 0.242 e. The highest BCUT2D eigenvalue weighted by molar-refractivity contribution is 7.80. The van der Waals surface area contributed by atoms with Crippen LogP contribution in [0, 0.1) is 0 Å². The first kappa shape index (κ1) is 15.1. The van der Waals surface area contributed by atoms with Crippen molar-refractivity contribution in [3.63, 3.8) is 0 Å². The summed E-state index contributed by atoms with van der Waals surface area (Å²) < 4.78 is 0. The lowest BCUT2D eigenvalue weighted by atomic mass is 9.96. The van der Waals surface area contributed by atoms with Gasteiger partial charge in [-0.2, -0.15) is 0 Å². The molecule has 1 unspecified atom stereocenters. The molecular formula is C13H17N3O2S. The zero-order valence-electron chi connectivity index (χ0n) is 10.8.